The summed E-state index contributed by atoms with van der Waals surface area (Å²) >= 11 is 0. The van der Waals surface area contributed by atoms with Crippen LogP contribution in [0.15, 0.2) is 23.0 Å². The number of hydrogen-bond donors (Lipinski definition) is 2. The van der Waals surface area contributed by atoms with Crippen molar-refractivity contribution >= 4 is 5.91 Å². The van der Waals surface area contributed by atoms with E-state index in [1.165, 1.54) is 18.6 Å². The fourth-order valence-corrected chi connectivity index (χ4v) is 0.595. The summed E-state index contributed by atoms with van der Waals surface area (Å²) in [5.41, 5.74) is 5.18. The third-order valence-electron chi connectivity index (χ3n) is 1.13. The highest BCUT2D eigenvalue weighted by molar-refractivity contribution is 5.79. The minimum atomic E-state index is -1.25. The van der Waals surface area contributed by atoms with Gasteiger partial charge in [0, 0.05) is 5.56 Å². The lowest BCUT2D eigenvalue weighted by Gasteiger charge is -1.99. The van der Waals surface area contributed by atoms with E-state index in [2.05, 4.69) is 4.42 Å². The molecular formula is C6H7NO3. The van der Waals surface area contributed by atoms with Crippen LogP contribution in [0.4, 0.5) is 0 Å². The van der Waals surface area contributed by atoms with Crippen molar-refractivity contribution in [2.45, 2.75) is 6.10 Å². The van der Waals surface area contributed by atoms with Gasteiger partial charge in [0.25, 0.3) is 5.91 Å². The third-order valence-corrected chi connectivity index (χ3v) is 1.13. The Morgan fingerprint density at radius 2 is 2.50 bits per heavy atom. The van der Waals surface area contributed by atoms with Gasteiger partial charge in [-0.15, -0.1) is 0 Å². The molecule has 0 radical (unpaired) electrons. The number of primary amides is 1. The quantitative estimate of drug-likeness (QED) is 0.598. The summed E-state index contributed by atoms with van der Waals surface area (Å²) in [6.07, 6.45) is 1.38. The monoisotopic (exact) mass is 141 g/mol. The molecule has 0 fully saturated rings. The van der Waals surface area contributed by atoms with Crippen LogP contribution < -0.4 is 5.73 Å². The largest absolute Gasteiger partial charge is 0.472 e. The molecule has 0 aliphatic heterocycles. The van der Waals surface area contributed by atoms with Crippen molar-refractivity contribution in [1.82, 2.24) is 0 Å². The molecule has 0 bridgehead atoms. The fourth-order valence-electron chi connectivity index (χ4n) is 0.595. The van der Waals surface area contributed by atoms with E-state index < -0.39 is 12.0 Å². The molecule has 54 valence electrons. The van der Waals surface area contributed by atoms with Gasteiger partial charge in [-0.1, -0.05) is 0 Å². The van der Waals surface area contributed by atoms with Crippen LogP contribution in [0.5, 0.6) is 0 Å². The van der Waals surface area contributed by atoms with E-state index in [1.807, 2.05) is 0 Å². The molecule has 0 aromatic carbocycles. The lowest BCUT2D eigenvalue weighted by Crippen LogP contribution is -2.20. The first-order valence-corrected chi connectivity index (χ1v) is 2.71. The number of nitrogens with two attached hydrogens (primary N) is 1. The van der Waals surface area contributed by atoms with Crippen molar-refractivity contribution in [3.63, 3.8) is 0 Å². The van der Waals surface area contributed by atoms with Gasteiger partial charge in [0.15, 0.2) is 6.10 Å². The predicted octanol–water partition coefficient (Wildman–Crippen LogP) is -0.202. The average Bonchev–Trinajstić information content (AvgIpc) is 2.36. The zero-order valence-electron chi connectivity index (χ0n) is 5.15. The van der Waals surface area contributed by atoms with Crippen LogP contribution in [-0.2, 0) is 4.79 Å². The molecule has 0 saturated heterocycles. The zero-order chi connectivity index (χ0) is 7.56. The number of furan rings is 1. The van der Waals surface area contributed by atoms with Crippen LogP contribution in [-0.4, -0.2) is 11.0 Å². The van der Waals surface area contributed by atoms with Crippen LogP contribution in [0, 0.1) is 0 Å². The van der Waals surface area contributed by atoms with Gasteiger partial charge in [-0.3, -0.25) is 4.79 Å². The van der Waals surface area contributed by atoms with Crippen molar-refractivity contribution < 1.29 is 14.3 Å². The second-order valence-corrected chi connectivity index (χ2v) is 1.86. The molecule has 0 aliphatic rings. The molecule has 1 aromatic heterocycles. The summed E-state index contributed by atoms with van der Waals surface area (Å²) in [7, 11) is 0. The molecule has 0 spiro atoms. The van der Waals surface area contributed by atoms with Crippen molar-refractivity contribution in [1.29, 1.82) is 0 Å². The minimum absolute atomic E-state index is 0.382. The van der Waals surface area contributed by atoms with Crippen molar-refractivity contribution in [3.8, 4) is 0 Å². The number of rotatable bonds is 2. The Balaban J connectivity index is 2.77. The molecule has 4 heteroatoms. The maximum atomic E-state index is 10.3. The summed E-state index contributed by atoms with van der Waals surface area (Å²) in [5.74, 6) is -0.776. The summed E-state index contributed by atoms with van der Waals surface area (Å²) in [5, 5.41) is 8.95. The Hall–Kier alpha value is -1.29. The zero-order valence-corrected chi connectivity index (χ0v) is 5.15. The van der Waals surface area contributed by atoms with Gasteiger partial charge in [-0.05, 0) is 6.07 Å². The smallest absolute Gasteiger partial charge is 0.251 e. The maximum Gasteiger partial charge on any atom is 0.251 e. The highest BCUT2D eigenvalue weighted by Gasteiger charge is 2.13. The SMILES string of the molecule is NC(=O)C(O)c1ccoc1. The average molecular weight is 141 g/mol. The van der Waals surface area contributed by atoms with Crippen molar-refractivity contribution in [2.24, 2.45) is 5.73 Å². The predicted molar refractivity (Wildman–Crippen MR) is 32.9 cm³/mol. The molecule has 1 amide bonds. The van der Waals surface area contributed by atoms with E-state index in [0.29, 0.717) is 5.56 Å². The fraction of sp³-hybridized carbons (Fsp3) is 0.167. The molecule has 1 aromatic rings. The Morgan fingerprint density at radius 3 is 2.90 bits per heavy atom. The Morgan fingerprint density at radius 1 is 1.80 bits per heavy atom. The van der Waals surface area contributed by atoms with Crippen LogP contribution in [0.1, 0.15) is 11.7 Å². The number of hydrogen-bond acceptors (Lipinski definition) is 3. The lowest BCUT2D eigenvalue weighted by atomic mass is 10.2. The summed E-state index contributed by atoms with van der Waals surface area (Å²) in [4.78, 5) is 10.3. The Labute approximate surface area is 57.3 Å². The van der Waals surface area contributed by atoms with Crippen LogP contribution in [0.2, 0.25) is 0 Å². The number of carbonyl (C=O) groups excluding carboxylic acids is 1. The van der Waals surface area contributed by atoms with Gasteiger partial charge in [0.1, 0.15) is 0 Å². The van der Waals surface area contributed by atoms with Crippen LogP contribution in [0.25, 0.3) is 0 Å². The second-order valence-electron chi connectivity index (χ2n) is 1.86. The topological polar surface area (TPSA) is 76.5 Å². The van der Waals surface area contributed by atoms with E-state index in [9.17, 15) is 4.79 Å². The molecule has 1 heterocycles. The summed E-state index contributed by atoms with van der Waals surface area (Å²) in [6, 6.07) is 1.48. The second kappa shape index (κ2) is 2.53. The molecule has 1 atom stereocenters. The number of amides is 1. The van der Waals surface area contributed by atoms with Gasteiger partial charge in [-0.25, -0.2) is 0 Å². The molecule has 4 nitrogen and oxygen atoms in total. The number of carbonyl (C=O) groups is 1. The Bertz CT molecular complexity index is 217. The Kier molecular flexibility index (Phi) is 1.73. The van der Waals surface area contributed by atoms with Gasteiger partial charge in [0.05, 0.1) is 12.5 Å². The van der Waals surface area contributed by atoms with Crippen LogP contribution >= 0.6 is 0 Å². The molecule has 0 saturated carbocycles. The summed E-state index contributed by atoms with van der Waals surface area (Å²) < 4.78 is 4.62. The minimum Gasteiger partial charge on any atom is -0.472 e. The first kappa shape index (κ1) is 6.82. The van der Waals surface area contributed by atoms with E-state index in [0.717, 1.165) is 0 Å². The molecule has 0 aliphatic carbocycles. The molecule has 3 N–H and O–H groups in total. The highest BCUT2D eigenvalue weighted by atomic mass is 16.3. The lowest BCUT2D eigenvalue weighted by molar-refractivity contribution is -0.126. The van der Waals surface area contributed by atoms with E-state index in [4.69, 9.17) is 10.8 Å². The number of aliphatic hydroxyl groups is 1. The first-order valence-electron chi connectivity index (χ1n) is 2.71. The standard InChI is InChI=1S/C6H7NO3/c7-6(9)5(8)4-1-2-10-3-4/h1-3,5,8H,(H2,7,9). The normalized spacial score (nSPS) is 12.9. The van der Waals surface area contributed by atoms with E-state index in [1.54, 1.807) is 0 Å². The molecular weight excluding hydrogens is 134 g/mol. The third kappa shape index (κ3) is 1.16. The number of aliphatic hydroxyl groups excluding tert-OH is 1. The van der Waals surface area contributed by atoms with Gasteiger partial charge in [-0.2, -0.15) is 0 Å². The maximum absolute atomic E-state index is 10.3. The van der Waals surface area contributed by atoms with E-state index in [-0.39, 0.29) is 0 Å². The highest BCUT2D eigenvalue weighted by Crippen LogP contribution is 2.11. The van der Waals surface area contributed by atoms with E-state index >= 15 is 0 Å². The van der Waals surface area contributed by atoms with Crippen molar-refractivity contribution in [2.75, 3.05) is 0 Å². The molecule has 1 rings (SSSR count). The van der Waals surface area contributed by atoms with Gasteiger partial charge in [0.2, 0.25) is 0 Å². The molecule has 10 heavy (non-hydrogen) atoms. The first-order chi connectivity index (χ1) is 4.72. The summed E-state index contributed by atoms with van der Waals surface area (Å²) in [6.45, 7) is 0. The van der Waals surface area contributed by atoms with Crippen LogP contribution in [0.3, 0.4) is 0 Å². The molecule has 1 unspecified atom stereocenters. The van der Waals surface area contributed by atoms with Crippen molar-refractivity contribution in [3.05, 3.63) is 24.2 Å². The van der Waals surface area contributed by atoms with Gasteiger partial charge < -0.3 is 15.3 Å². The van der Waals surface area contributed by atoms with Gasteiger partial charge >= 0.3 is 0 Å².